The molecule has 2 aromatic heterocycles. The van der Waals surface area contributed by atoms with Crippen molar-refractivity contribution in [3.63, 3.8) is 0 Å². The Hall–Kier alpha value is -4.53. The molecule has 5 N–H and O–H groups in total. The normalized spacial score (nSPS) is 23.4. The highest BCUT2D eigenvalue weighted by atomic mass is 35.5. The summed E-state index contributed by atoms with van der Waals surface area (Å²) in [5, 5.41) is 45.7. The highest BCUT2D eigenvalue weighted by Gasteiger charge is 2.58. The summed E-state index contributed by atoms with van der Waals surface area (Å²) < 4.78 is 12.7. The first kappa shape index (κ1) is 33.8. The van der Waals surface area contributed by atoms with Crippen LogP contribution in [0.1, 0.15) is 32.1 Å². The van der Waals surface area contributed by atoms with Gasteiger partial charge in [-0.2, -0.15) is 9.97 Å². The highest BCUT2D eigenvalue weighted by Crippen LogP contribution is 2.40. The molecule has 0 bridgehead atoms. The number of benzene rings is 1. The van der Waals surface area contributed by atoms with Crippen LogP contribution in [0.25, 0.3) is 11.2 Å². The molecule has 47 heavy (non-hydrogen) atoms. The third-order valence-electron chi connectivity index (χ3n) is 8.15. The van der Waals surface area contributed by atoms with Crippen molar-refractivity contribution in [1.82, 2.24) is 24.4 Å². The number of halogens is 1. The Morgan fingerprint density at radius 3 is 2.53 bits per heavy atom. The van der Waals surface area contributed by atoms with Crippen molar-refractivity contribution >= 4 is 52.2 Å². The van der Waals surface area contributed by atoms with Crippen LogP contribution in [0.3, 0.4) is 0 Å². The molecule has 0 spiro atoms. The summed E-state index contributed by atoms with van der Waals surface area (Å²) in [6.07, 6.45) is 2.18. The van der Waals surface area contributed by atoms with Crippen molar-refractivity contribution in [1.29, 1.82) is 0 Å². The van der Waals surface area contributed by atoms with Crippen molar-refractivity contribution in [2.75, 3.05) is 37.0 Å². The molecule has 2 amide bonds. The number of nitrogens with one attached hydrogen (secondary N) is 1. The number of hydrogen-bond donors (Lipinski definition) is 5. The Morgan fingerprint density at radius 2 is 1.91 bits per heavy atom. The molecule has 2 saturated heterocycles. The van der Waals surface area contributed by atoms with E-state index in [1.54, 1.807) is 29.0 Å². The van der Waals surface area contributed by atoms with Crippen LogP contribution in [-0.2, 0) is 25.5 Å². The monoisotopic (exact) mass is 671 g/mol. The number of ether oxygens (including phenoxy) is 2. The van der Waals surface area contributed by atoms with E-state index >= 15 is 0 Å². The van der Waals surface area contributed by atoms with Gasteiger partial charge >= 0.3 is 18.0 Å². The van der Waals surface area contributed by atoms with E-state index in [9.17, 15) is 34.8 Å². The fraction of sp³-hybridized carbons (Fsp3) is 0.467. The number of rotatable bonds is 11. The average molecular weight is 672 g/mol. The van der Waals surface area contributed by atoms with Gasteiger partial charge in [0.15, 0.2) is 28.8 Å². The standard InChI is InChI=1S/C30H34ClN7O9/c1-5-29(45)19(47-24(21(29)39)38-15-32-20-22(33-16(2)3)34-27(31)35-23(20)38)14-46-30(25(40)41,26(42)43)13-17-7-9-18(10-8-17)37-12-6-11-36(4)28(37)44/h1,7-10,15-16,19,21,24,39,45H,6,11-14H2,2-4H3,(H,40,41)(H,42,43)(H,33,34,35)/t19-,21+,24-,29-/m1/s1. The number of terminal acetylenes is 1. The van der Waals surface area contributed by atoms with E-state index in [1.165, 1.54) is 23.0 Å². The number of aromatic nitrogens is 4. The maximum atomic E-state index is 12.6. The van der Waals surface area contributed by atoms with Crippen molar-refractivity contribution in [3.05, 3.63) is 41.4 Å². The van der Waals surface area contributed by atoms with Gasteiger partial charge < -0.3 is 40.1 Å². The Balaban J connectivity index is 1.39. The molecular weight excluding hydrogens is 638 g/mol. The highest BCUT2D eigenvalue weighted by molar-refractivity contribution is 6.28. The van der Waals surface area contributed by atoms with Gasteiger partial charge in [0.1, 0.15) is 12.2 Å². The van der Waals surface area contributed by atoms with E-state index in [0.29, 0.717) is 24.6 Å². The van der Waals surface area contributed by atoms with Gasteiger partial charge in [-0.3, -0.25) is 9.47 Å². The molecule has 0 aliphatic carbocycles. The number of urea groups is 1. The molecule has 0 radical (unpaired) electrons. The average Bonchev–Trinajstić information content (AvgIpc) is 3.54. The molecule has 17 heteroatoms. The lowest BCUT2D eigenvalue weighted by atomic mass is 9.91. The van der Waals surface area contributed by atoms with Crippen LogP contribution in [0.5, 0.6) is 0 Å². The lowest BCUT2D eigenvalue weighted by molar-refractivity contribution is -0.191. The minimum atomic E-state index is -2.84. The molecule has 4 heterocycles. The van der Waals surface area contributed by atoms with Crippen molar-refractivity contribution < 1.29 is 44.3 Å². The van der Waals surface area contributed by atoms with Gasteiger partial charge in [-0.25, -0.2) is 19.4 Å². The quantitative estimate of drug-likeness (QED) is 0.111. The molecule has 5 rings (SSSR count). The SMILES string of the molecule is C#C[C@@]1(O)[C@@H](COC(Cc2ccc(N3CCCN(C)C3=O)cc2)(C(=O)O)C(=O)O)O[C@@H](n2cnc3c(NC(C)C)nc(Cl)nc32)[C@@H]1O. The Kier molecular flexibility index (Phi) is 9.31. The third kappa shape index (κ3) is 6.15. The minimum Gasteiger partial charge on any atom is -0.479 e. The Labute approximate surface area is 273 Å². The third-order valence-corrected chi connectivity index (χ3v) is 8.32. The number of aliphatic carboxylic acids is 2. The molecule has 3 aromatic rings. The molecule has 250 valence electrons. The predicted molar refractivity (Wildman–Crippen MR) is 167 cm³/mol. The van der Waals surface area contributed by atoms with Gasteiger partial charge in [-0.15, -0.1) is 6.42 Å². The van der Waals surface area contributed by atoms with Crippen LogP contribution in [-0.4, -0.2) is 119 Å². The number of carboxylic acids is 2. The van der Waals surface area contributed by atoms with E-state index in [1.807, 2.05) is 13.8 Å². The first-order valence-corrected chi connectivity index (χ1v) is 15.0. The zero-order valence-corrected chi connectivity index (χ0v) is 26.5. The van der Waals surface area contributed by atoms with Crippen LogP contribution in [0.15, 0.2) is 30.6 Å². The van der Waals surface area contributed by atoms with Gasteiger partial charge in [-0.05, 0) is 49.6 Å². The van der Waals surface area contributed by atoms with E-state index in [-0.39, 0.29) is 34.1 Å². The lowest BCUT2D eigenvalue weighted by Gasteiger charge is -2.33. The van der Waals surface area contributed by atoms with E-state index in [0.717, 1.165) is 6.42 Å². The molecule has 0 saturated carbocycles. The fourth-order valence-electron chi connectivity index (χ4n) is 5.59. The number of amides is 2. The number of carboxylic acid groups (broad SMARTS) is 2. The first-order valence-electron chi connectivity index (χ1n) is 14.6. The molecular formula is C30H34ClN7O9. The maximum absolute atomic E-state index is 12.6. The summed E-state index contributed by atoms with van der Waals surface area (Å²) in [5.41, 5.74) is -4.04. The van der Waals surface area contributed by atoms with Gasteiger partial charge in [0.25, 0.3) is 5.60 Å². The molecule has 16 nitrogen and oxygen atoms in total. The van der Waals surface area contributed by atoms with Crippen LogP contribution >= 0.6 is 11.6 Å². The zero-order chi connectivity index (χ0) is 34.3. The number of hydrogen-bond acceptors (Lipinski definition) is 11. The molecule has 2 aliphatic rings. The topological polar surface area (TPSA) is 213 Å². The zero-order valence-electron chi connectivity index (χ0n) is 25.7. The van der Waals surface area contributed by atoms with Crippen molar-refractivity contribution in [3.8, 4) is 12.3 Å². The van der Waals surface area contributed by atoms with E-state index in [2.05, 4.69) is 26.2 Å². The smallest absolute Gasteiger partial charge is 0.348 e. The van der Waals surface area contributed by atoms with Crippen LogP contribution in [0, 0.1) is 12.3 Å². The predicted octanol–water partition coefficient (Wildman–Crippen LogP) is 1.35. The summed E-state index contributed by atoms with van der Waals surface area (Å²) in [6.45, 7) is 4.03. The number of carbonyl (C=O) groups is 3. The van der Waals surface area contributed by atoms with Crippen LogP contribution < -0.4 is 10.2 Å². The maximum Gasteiger partial charge on any atom is 0.348 e. The second-order valence-corrected chi connectivity index (χ2v) is 12.0. The van der Waals surface area contributed by atoms with Crippen molar-refractivity contribution in [2.45, 2.75) is 62.4 Å². The first-order chi connectivity index (χ1) is 22.2. The second kappa shape index (κ2) is 12.9. The van der Waals surface area contributed by atoms with Crippen molar-refractivity contribution in [2.24, 2.45) is 0 Å². The van der Waals surface area contributed by atoms with Crippen LogP contribution in [0.2, 0.25) is 5.28 Å². The van der Waals surface area contributed by atoms with Gasteiger partial charge in [-0.1, -0.05) is 18.1 Å². The number of anilines is 2. The summed E-state index contributed by atoms with van der Waals surface area (Å²) >= 11 is 6.14. The number of aliphatic hydroxyl groups excluding tert-OH is 1. The summed E-state index contributed by atoms with van der Waals surface area (Å²) in [6, 6.07) is 5.95. The van der Waals surface area contributed by atoms with Crippen LogP contribution in [0.4, 0.5) is 16.3 Å². The molecule has 2 fully saturated rings. The number of imidazole rings is 1. The Bertz CT molecular complexity index is 1710. The second-order valence-electron chi connectivity index (χ2n) is 11.7. The number of carbonyl (C=O) groups excluding carboxylic acids is 1. The summed E-state index contributed by atoms with van der Waals surface area (Å²) in [7, 11) is 1.69. The number of nitrogens with zero attached hydrogens (tertiary/aromatic N) is 6. The fourth-order valence-corrected chi connectivity index (χ4v) is 5.75. The van der Waals surface area contributed by atoms with E-state index < -0.39 is 54.6 Å². The van der Waals surface area contributed by atoms with Gasteiger partial charge in [0, 0.05) is 38.3 Å². The van der Waals surface area contributed by atoms with Gasteiger partial charge in [0.2, 0.25) is 5.28 Å². The number of aliphatic hydroxyl groups is 2. The summed E-state index contributed by atoms with van der Waals surface area (Å²) in [5.74, 6) is -1.25. The molecule has 0 unspecified atom stereocenters. The van der Waals surface area contributed by atoms with Gasteiger partial charge in [0.05, 0.1) is 12.9 Å². The molecule has 2 aliphatic heterocycles. The van der Waals surface area contributed by atoms with E-state index in [4.69, 9.17) is 27.5 Å². The summed E-state index contributed by atoms with van der Waals surface area (Å²) in [4.78, 5) is 53.3. The number of fused-ring (bicyclic) bond motifs is 1. The largest absolute Gasteiger partial charge is 0.479 e. The minimum absolute atomic E-state index is 0.0433. The molecule has 1 aromatic carbocycles. The Morgan fingerprint density at radius 1 is 1.23 bits per heavy atom. The molecule has 4 atom stereocenters. The lowest BCUT2D eigenvalue weighted by Crippen LogP contribution is -2.55.